The molecule has 0 amide bonds. The number of hydrogen-bond acceptors (Lipinski definition) is 2. The van der Waals surface area contributed by atoms with Gasteiger partial charge in [-0.25, -0.2) is 0 Å². The second kappa shape index (κ2) is 9.14. The SMILES string of the molecule is CC1=CCC(C)=[C]1[Zr]([O]c1cccc(Cl)c1)([O]c1cccc(Cl)c1)[C]1=C(C)CC=C1C. The summed E-state index contributed by atoms with van der Waals surface area (Å²) in [7, 11) is 0. The molecule has 0 spiro atoms. The third-order valence-electron chi connectivity index (χ3n) is 5.84. The average Bonchev–Trinajstić information content (AvgIpc) is 3.22. The van der Waals surface area contributed by atoms with Crippen LogP contribution in [0.1, 0.15) is 40.5 Å². The summed E-state index contributed by atoms with van der Waals surface area (Å²) in [4.78, 5) is 0. The van der Waals surface area contributed by atoms with Crippen LogP contribution in [0.25, 0.3) is 0 Å². The van der Waals surface area contributed by atoms with Gasteiger partial charge >= 0.3 is 202 Å². The van der Waals surface area contributed by atoms with Crippen LogP contribution in [0.4, 0.5) is 0 Å². The Hall–Kier alpha value is -1.54. The maximum atomic E-state index is 7.04. The number of benzene rings is 2. The van der Waals surface area contributed by atoms with Gasteiger partial charge in [-0.05, 0) is 0 Å². The zero-order valence-corrected chi connectivity index (χ0v) is 22.2. The molecule has 0 aliphatic heterocycles. The van der Waals surface area contributed by atoms with Crippen molar-refractivity contribution in [3.8, 4) is 11.5 Å². The third kappa shape index (κ3) is 4.51. The molecule has 2 aromatic rings. The van der Waals surface area contributed by atoms with Crippen LogP contribution in [0.2, 0.25) is 10.0 Å². The molecule has 2 nitrogen and oxygen atoms in total. The molecule has 0 heterocycles. The van der Waals surface area contributed by atoms with Crippen LogP contribution in [0.15, 0.2) is 89.5 Å². The zero-order valence-electron chi connectivity index (χ0n) is 18.3. The van der Waals surface area contributed by atoms with E-state index in [0.29, 0.717) is 10.0 Å². The molecular weight excluding hydrogens is 506 g/mol. The van der Waals surface area contributed by atoms with Crippen molar-refractivity contribution in [1.82, 2.24) is 0 Å². The first-order chi connectivity index (χ1) is 14.8. The molecule has 2 aromatic carbocycles. The predicted molar refractivity (Wildman–Crippen MR) is 126 cm³/mol. The number of halogens is 2. The van der Waals surface area contributed by atoms with Crippen molar-refractivity contribution >= 4 is 23.2 Å². The fourth-order valence-corrected chi connectivity index (χ4v) is 15.2. The van der Waals surface area contributed by atoms with Crippen LogP contribution in [0, 0.1) is 0 Å². The Kier molecular flexibility index (Phi) is 6.68. The van der Waals surface area contributed by atoms with Gasteiger partial charge in [-0.1, -0.05) is 0 Å². The van der Waals surface area contributed by atoms with Crippen molar-refractivity contribution < 1.29 is 26.8 Å². The summed E-state index contributed by atoms with van der Waals surface area (Å²) >= 11 is 8.40. The molecule has 2 aliphatic carbocycles. The van der Waals surface area contributed by atoms with Crippen molar-refractivity contribution in [2.45, 2.75) is 40.5 Å². The van der Waals surface area contributed by atoms with Crippen molar-refractivity contribution in [1.29, 1.82) is 0 Å². The molecule has 0 N–H and O–H groups in total. The van der Waals surface area contributed by atoms with E-state index < -0.39 is 21.1 Å². The number of allylic oxidation sites excluding steroid dienone is 8. The quantitative estimate of drug-likeness (QED) is 0.371. The molecule has 0 radical (unpaired) electrons. The van der Waals surface area contributed by atoms with E-state index in [1.54, 1.807) is 0 Å². The van der Waals surface area contributed by atoms with E-state index in [4.69, 9.17) is 28.8 Å². The molecule has 0 saturated carbocycles. The van der Waals surface area contributed by atoms with Crippen molar-refractivity contribution in [3.63, 3.8) is 0 Å². The molecule has 0 unspecified atom stereocenters. The van der Waals surface area contributed by atoms with Gasteiger partial charge in [0.2, 0.25) is 0 Å². The first-order valence-corrected chi connectivity index (χ1v) is 15.7. The molecule has 0 saturated heterocycles. The summed E-state index contributed by atoms with van der Waals surface area (Å²) in [6.45, 7) is 8.73. The number of hydrogen-bond donors (Lipinski definition) is 0. The second-order valence-corrected chi connectivity index (χ2v) is 15.6. The van der Waals surface area contributed by atoms with Crippen molar-refractivity contribution in [2.24, 2.45) is 0 Å². The fraction of sp³-hybridized carbons (Fsp3) is 0.231. The molecule has 160 valence electrons. The Morgan fingerprint density at radius 2 is 1.10 bits per heavy atom. The van der Waals surface area contributed by atoms with E-state index in [-0.39, 0.29) is 0 Å². The van der Waals surface area contributed by atoms with E-state index in [2.05, 4.69) is 39.8 Å². The Labute approximate surface area is 200 Å². The molecule has 2 aliphatic rings. The van der Waals surface area contributed by atoms with Gasteiger partial charge in [-0.15, -0.1) is 0 Å². The summed E-state index contributed by atoms with van der Waals surface area (Å²) in [5, 5.41) is 1.29. The predicted octanol–water partition coefficient (Wildman–Crippen LogP) is 8.68. The Morgan fingerprint density at radius 3 is 1.42 bits per heavy atom. The monoisotopic (exact) mass is 530 g/mol. The average molecular weight is 533 g/mol. The van der Waals surface area contributed by atoms with E-state index in [1.165, 1.54) is 28.9 Å². The Bertz CT molecular complexity index is 1070. The zero-order chi connectivity index (χ0) is 22.2. The van der Waals surface area contributed by atoms with Gasteiger partial charge in [0.05, 0.1) is 0 Å². The summed E-state index contributed by atoms with van der Waals surface area (Å²) in [5.74, 6) is 1.48. The minimum atomic E-state index is -4.25. The maximum absolute atomic E-state index is 7.04. The van der Waals surface area contributed by atoms with Gasteiger partial charge in [-0.3, -0.25) is 0 Å². The molecule has 0 fully saturated rings. The van der Waals surface area contributed by atoms with Crippen LogP contribution in [0.5, 0.6) is 11.5 Å². The van der Waals surface area contributed by atoms with E-state index >= 15 is 0 Å². The van der Waals surface area contributed by atoms with Crippen LogP contribution in [0.3, 0.4) is 0 Å². The molecule has 5 heteroatoms. The summed E-state index contributed by atoms with van der Waals surface area (Å²) in [6, 6.07) is 15.2. The van der Waals surface area contributed by atoms with E-state index in [1.807, 2.05) is 48.5 Å². The van der Waals surface area contributed by atoms with Gasteiger partial charge in [0.25, 0.3) is 0 Å². The molecule has 31 heavy (non-hydrogen) atoms. The summed E-state index contributed by atoms with van der Waals surface area (Å²) < 4.78 is 16.6. The van der Waals surface area contributed by atoms with Crippen LogP contribution < -0.4 is 5.63 Å². The van der Waals surface area contributed by atoms with Gasteiger partial charge in [0.15, 0.2) is 0 Å². The van der Waals surface area contributed by atoms with Crippen LogP contribution >= 0.6 is 23.2 Å². The Balaban J connectivity index is 1.98. The molecule has 4 rings (SSSR count). The van der Waals surface area contributed by atoms with Gasteiger partial charge in [0.1, 0.15) is 0 Å². The van der Waals surface area contributed by atoms with Gasteiger partial charge in [-0.2, -0.15) is 0 Å². The Morgan fingerprint density at radius 1 is 0.677 bits per heavy atom. The first kappa shape index (κ1) is 22.6. The second-order valence-electron chi connectivity index (χ2n) is 8.23. The molecule has 0 bridgehead atoms. The minimum absolute atomic E-state index is 0.647. The summed E-state index contributed by atoms with van der Waals surface area (Å²) in [6.07, 6.45) is 6.41. The van der Waals surface area contributed by atoms with Crippen molar-refractivity contribution in [3.05, 3.63) is 99.6 Å². The topological polar surface area (TPSA) is 18.5 Å². The normalized spacial score (nSPS) is 16.6. The fourth-order valence-electron chi connectivity index (χ4n) is 4.52. The van der Waals surface area contributed by atoms with Crippen LogP contribution in [-0.4, -0.2) is 0 Å². The third-order valence-corrected chi connectivity index (χ3v) is 16.2. The molecular formula is C26H26Cl2O2Zr. The van der Waals surface area contributed by atoms with E-state index in [9.17, 15) is 0 Å². The van der Waals surface area contributed by atoms with Gasteiger partial charge < -0.3 is 0 Å². The first-order valence-electron chi connectivity index (χ1n) is 10.4. The molecule has 0 atom stereocenters. The molecule has 0 aromatic heterocycles. The number of rotatable bonds is 6. The van der Waals surface area contributed by atoms with E-state index in [0.717, 1.165) is 24.3 Å². The van der Waals surface area contributed by atoms with Crippen molar-refractivity contribution in [2.75, 3.05) is 0 Å². The van der Waals surface area contributed by atoms with Gasteiger partial charge in [0, 0.05) is 0 Å². The summed E-state index contributed by atoms with van der Waals surface area (Å²) in [5.41, 5.74) is 5.13. The van der Waals surface area contributed by atoms with Crippen LogP contribution in [-0.2, 0) is 21.1 Å². The standard InChI is InChI=1S/2C7H9.2C6H5ClO.Zr/c2*1-6-3-4-7(2)5-6;2*7-5-2-1-3-6(8)4-5;/h2*3H,4H2,1-2H3;2*1-4,8H;/q;;;;+2/p-2.